The van der Waals surface area contributed by atoms with E-state index in [1.54, 1.807) is 5.32 Å². The Balaban J connectivity index is 1.64. The SMILES string of the molecule is [2H]C1C([2H])([2H])C(=O)NC(=O)[C@]1([2H])N1Cc2cc(C([2H])([2H])N([2H])C(=O)C(F)(F)c3ccc(Cl)cc3)ccc2C1=O. The molecule has 1 saturated heterocycles. The van der Waals surface area contributed by atoms with Crippen molar-refractivity contribution >= 4 is 35.2 Å². The molecule has 4 rings (SSSR count). The standard InChI is InChI=1S/C22H18ClF2N3O4/c23-15-4-2-14(3-5-15)22(24,25)21(32)26-10-12-1-6-16-13(9-12)11-28(20(16)31)17-7-8-18(29)27-19(17)30/h1-6,9,17H,7-8,10-11H2,(H,26,32)(H,27,29,30)/t17-/m1/s1/i7D,8D2,10D2,17D/hD/t7?,17-. The van der Waals surface area contributed by atoms with Crippen LogP contribution in [-0.4, -0.2) is 34.5 Å². The molecule has 4 amide bonds. The van der Waals surface area contributed by atoms with E-state index in [1.807, 2.05) is 0 Å². The number of carbonyl (C=O) groups is 4. The average Bonchev–Trinajstić information content (AvgIpc) is 3.22. The Morgan fingerprint density at radius 3 is 2.75 bits per heavy atom. The van der Waals surface area contributed by atoms with Gasteiger partial charge in [-0.05, 0) is 35.7 Å². The molecule has 0 aliphatic carbocycles. The maximum atomic E-state index is 14.8. The Hall–Kier alpha value is -3.33. The van der Waals surface area contributed by atoms with Gasteiger partial charge in [-0.3, -0.25) is 24.5 Å². The molecule has 1 fully saturated rings. The molecule has 0 aromatic heterocycles. The molecule has 0 radical (unpaired) electrons. The summed E-state index contributed by atoms with van der Waals surface area (Å²) in [5.41, 5.74) is -1.54. The summed E-state index contributed by atoms with van der Waals surface area (Å²) in [6.07, 6.45) is -5.35. The third-order valence-corrected chi connectivity index (χ3v) is 5.01. The smallest absolute Gasteiger partial charge is 0.346 e. The lowest BCUT2D eigenvalue weighted by Crippen LogP contribution is -2.52. The molecular weight excluding hydrogens is 444 g/mol. The summed E-state index contributed by atoms with van der Waals surface area (Å²) < 4.78 is 86.1. The zero-order valence-electron chi connectivity index (χ0n) is 23.0. The van der Waals surface area contributed by atoms with Gasteiger partial charge in [0.05, 0.1) is 4.11 Å². The lowest BCUT2D eigenvalue weighted by molar-refractivity contribution is -0.147. The Labute approximate surface area is 196 Å². The van der Waals surface area contributed by atoms with Crippen LogP contribution >= 0.6 is 11.6 Å². The summed E-state index contributed by atoms with van der Waals surface area (Å²) in [4.78, 5) is 50.4. The third kappa shape index (κ3) is 4.08. The molecule has 2 heterocycles. The minimum Gasteiger partial charge on any atom is -0.346 e. The molecule has 2 aromatic rings. The van der Waals surface area contributed by atoms with Crippen LogP contribution in [0.25, 0.3) is 0 Å². The number of imide groups is 1. The number of piperidine rings is 1. The number of carbonyl (C=O) groups excluding carboxylic acids is 4. The maximum absolute atomic E-state index is 14.8. The fourth-order valence-electron chi connectivity index (χ4n) is 3.16. The van der Waals surface area contributed by atoms with Crippen LogP contribution in [-0.2, 0) is 33.3 Å². The molecule has 2 N–H and O–H groups in total. The van der Waals surface area contributed by atoms with E-state index in [0.29, 0.717) is 4.90 Å². The molecule has 2 atom stereocenters. The van der Waals surface area contributed by atoms with E-state index in [1.165, 1.54) is 0 Å². The summed E-state index contributed by atoms with van der Waals surface area (Å²) in [6.45, 7) is -3.76. The molecule has 32 heavy (non-hydrogen) atoms. The van der Waals surface area contributed by atoms with Crippen molar-refractivity contribution in [3.8, 4) is 0 Å². The fraction of sp³-hybridized carbons (Fsp3) is 0.273. The zero-order valence-corrected chi connectivity index (χ0v) is 16.7. The minimum atomic E-state index is -4.30. The van der Waals surface area contributed by atoms with Gasteiger partial charge in [0.2, 0.25) is 11.8 Å². The third-order valence-electron chi connectivity index (χ3n) is 4.76. The molecule has 10 heteroatoms. The highest BCUT2D eigenvalue weighted by Crippen LogP contribution is 2.30. The van der Waals surface area contributed by atoms with Crippen LogP contribution < -0.4 is 10.6 Å². The van der Waals surface area contributed by atoms with Crippen LogP contribution in [0.2, 0.25) is 6.43 Å². The molecule has 2 aromatic carbocycles. The molecule has 0 spiro atoms. The number of halogens is 3. The molecule has 0 saturated carbocycles. The lowest BCUT2D eigenvalue weighted by Gasteiger charge is -2.29. The fourth-order valence-corrected chi connectivity index (χ4v) is 3.28. The summed E-state index contributed by atoms with van der Waals surface area (Å²) in [5, 5.41) is 1.22. The number of hydrogen-bond acceptors (Lipinski definition) is 4. The van der Waals surface area contributed by atoms with Crippen molar-refractivity contribution in [3.63, 3.8) is 0 Å². The normalized spacial score (nSPS) is 28.2. The number of benzene rings is 2. The molecule has 1 unspecified atom stereocenters. The van der Waals surface area contributed by atoms with Gasteiger partial charge in [0.15, 0.2) is 1.41 Å². The molecule has 2 aliphatic rings. The predicted molar refractivity (Wildman–Crippen MR) is 110 cm³/mol. The first kappa shape index (κ1) is 14.7. The Bertz CT molecular complexity index is 1410. The first-order valence-electron chi connectivity index (χ1n) is 12.6. The monoisotopic (exact) mass is 468 g/mol. The van der Waals surface area contributed by atoms with E-state index in [2.05, 4.69) is 0 Å². The number of nitrogens with zero attached hydrogens (tertiary/aromatic N) is 1. The van der Waals surface area contributed by atoms with Crippen LogP contribution in [0, 0.1) is 0 Å². The van der Waals surface area contributed by atoms with Crippen molar-refractivity contribution in [1.29, 1.82) is 0 Å². The highest BCUT2D eigenvalue weighted by molar-refractivity contribution is 6.30. The van der Waals surface area contributed by atoms with Crippen molar-refractivity contribution in [1.82, 2.24) is 15.5 Å². The number of rotatable bonds is 5. The number of hydrogen-bond donors (Lipinski definition) is 2. The van der Waals surface area contributed by atoms with Gasteiger partial charge in [-0.25, -0.2) is 0 Å². The van der Waals surface area contributed by atoms with E-state index >= 15 is 0 Å². The topological polar surface area (TPSA) is 95.6 Å². The van der Waals surface area contributed by atoms with E-state index in [9.17, 15) is 28.0 Å². The van der Waals surface area contributed by atoms with Gasteiger partial charge in [-0.1, -0.05) is 35.9 Å². The summed E-state index contributed by atoms with van der Waals surface area (Å²) in [7, 11) is 0. The number of amides is 4. The largest absolute Gasteiger partial charge is 0.349 e. The second kappa shape index (κ2) is 8.31. The van der Waals surface area contributed by atoms with Gasteiger partial charge < -0.3 is 10.2 Å². The number of alkyl halides is 2. The van der Waals surface area contributed by atoms with Gasteiger partial charge >= 0.3 is 5.92 Å². The molecule has 166 valence electrons. The van der Waals surface area contributed by atoms with Gasteiger partial charge in [-0.2, -0.15) is 8.78 Å². The quantitative estimate of drug-likeness (QED) is 0.659. The average molecular weight is 469 g/mol. The second-order valence-electron chi connectivity index (χ2n) is 6.83. The Morgan fingerprint density at radius 1 is 1.31 bits per heavy atom. The highest BCUT2D eigenvalue weighted by atomic mass is 35.5. The van der Waals surface area contributed by atoms with Gasteiger partial charge in [0.25, 0.3) is 11.8 Å². The van der Waals surface area contributed by atoms with Crippen molar-refractivity contribution in [3.05, 3.63) is 69.7 Å². The molecular formula is C22H18ClF2N3O4. The van der Waals surface area contributed by atoms with Crippen LogP contribution in [0.3, 0.4) is 0 Å². The first-order valence-corrected chi connectivity index (χ1v) is 9.46. The van der Waals surface area contributed by atoms with Crippen molar-refractivity contribution in [2.75, 3.05) is 0 Å². The zero-order chi connectivity index (χ0) is 29.3. The summed E-state index contributed by atoms with van der Waals surface area (Å²) in [5.74, 6) is -10.3. The predicted octanol–water partition coefficient (Wildman–Crippen LogP) is 2.51. The van der Waals surface area contributed by atoms with E-state index < -0.39 is 77.8 Å². The number of fused-ring (bicyclic) bond motifs is 1. The Morgan fingerprint density at radius 2 is 2.03 bits per heavy atom. The summed E-state index contributed by atoms with van der Waals surface area (Å²) in [6, 6.07) is 3.98. The van der Waals surface area contributed by atoms with Crippen molar-refractivity contribution in [2.45, 2.75) is 37.8 Å². The van der Waals surface area contributed by atoms with Crippen LogP contribution in [0.15, 0.2) is 42.5 Å². The molecule has 0 bridgehead atoms. The van der Waals surface area contributed by atoms with E-state index in [-0.39, 0.29) is 16.1 Å². The van der Waals surface area contributed by atoms with Crippen LogP contribution in [0.5, 0.6) is 0 Å². The van der Waals surface area contributed by atoms with Gasteiger partial charge in [0, 0.05) is 39.7 Å². The summed E-state index contributed by atoms with van der Waals surface area (Å²) >= 11 is 5.68. The molecule has 2 aliphatic heterocycles. The minimum absolute atomic E-state index is 0.0456. The van der Waals surface area contributed by atoms with Gasteiger partial charge in [0.1, 0.15) is 6.02 Å². The highest BCUT2D eigenvalue weighted by Gasteiger charge is 2.41. The first-order chi connectivity index (χ1) is 17.9. The van der Waals surface area contributed by atoms with Crippen molar-refractivity contribution < 1.29 is 37.6 Å². The van der Waals surface area contributed by atoms with Crippen LogP contribution in [0.4, 0.5) is 8.78 Å². The Kier molecular flexibility index (Phi) is 3.81. The van der Waals surface area contributed by atoms with E-state index in [0.717, 1.165) is 42.5 Å². The number of nitrogens with one attached hydrogen (secondary N) is 2. The van der Waals surface area contributed by atoms with Crippen LogP contribution in [0.1, 0.15) is 48.0 Å². The second-order valence-corrected chi connectivity index (χ2v) is 7.27. The molecule has 7 nitrogen and oxygen atoms in total. The van der Waals surface area contributed by atoms with Gasteiger partial charge in [-0.15, -0.1) is 0 Å². The maximum Gasteiger partial charge on any atom is 0.349 e. The van der Waals surface area contributed by atoms with E-state index in [4.69, 9.17) is 21.2 Å². The lowest BCUT2D eigenvalue weighted by atomic mass is 10.0. The van der Waals surface area contributed by atoms with Crippen molar-refractivity contribution in [2.24, 2.45) is 0 Å².